The molecule has 1 aliphatic carbocycles. The summed E-state index contributed by atoms with van der Waals surface area (Å²) in [4.78, 5) is 12.6. The molecule has 18 nitrogen and oxygen atoms in total. The molecule has 0 aromatic heterocycles. The summed E-state index contributed by atoms with van der Waals surface area (Å²) in [7, 11) is 0. The van der Waals surface area contributed by atoms with Gasteiger partial charge in [0.2, 0.25) is 5.91 Å². The van der Waals surface area contributed by atoms with Gasteiger partial charge < -0.3 is 88.1 Å². The van der Waals surface area contributed by atoms with Crippen LogP contribution in [0.25, 0.3) is 0 Å². The Morgan fingerprint density at radius 2 is 1.45 bits per heavy atom. The molecule has 0 spiro atoms. The zero-order chi connectivity index (χ0) is 29.9. The molecular weight excluding hydrogens is 542 g/mol. The molecule has 18 heteroatoms. The Hall–Kier alpha value is -1.17. The normalized spacial score (nSPS) is 47.0. The number of carbonyl (C=O) groups excluding carboxylic acids is 1. The van der Waals surface area contributed by atoms with Crippen LogP contribution in [-0.2, 0) is 23.7 Å². The van der Waals surface area contributed by atoms with Crippen molar-refractivity contribution in [2.75, 3.05) is 19.7 Å². The van der Waals surface area contributed by atoms with Crippen LogP contribution in [0, 0.1) is 0 Å². The van der Waals surface area contributed by atoms with Gasteiger partial charge in [-0.3, -0.25) is 4.79 Å². The second-order valence-electron chi connectivity index (χ2n) is 10.3. The number of amides is 1. The SMILES string of the molecule is NCC[C@H](O)C(=O)N[C@@H]1C[C@H](N)[C@@H](O[C@H]2O[C@H](CN)[C@@H](O)[C@@H](O)[C@@H]2O)[C@@H](O)[C@H]1O[C@H]1O[C@H](CO)[C@@H](O)[C@@H](N)[C@H]1O. The predicted molar refractivity (Wildman–Crippen MR) is 131 cm³/mol. The molecule has 3 aliphatic rings. The highest BCUT2D eigenvalue weighted by Gasteiger charge is 2.52. The average Bonchev–Trinajstić information content (AvgIpc) is 2.92. The Labute approximate surface area is 229 Å². The van der Waals surface area contributed by atoms with E-state index in [2.05, 4.69) is 5.32 Å². The lowest BCUT2D eigenvalue weighted by Gasteiger charge is -2.49. The largest absolute Gasteiger partial charge is 0.394 e. The summed E-state index contributed by atoms with van der Waals surface area (Å²) in [6.45, 7) is -0.898. The molecule has 0 aromatic carbocycles. The minimum Gasteiger partial charge on any atom is -0.394 e. The Kier molecular flexibility index (Phi) is 11.9. The molecule has 3 fully saturated rings. The van der Waals surface area contributed by atoms with Gasteiger partial charge in [0.15, 0.2) is 12.6 Å². The van der Waals surface area contributed by atoms with Gasteiger partial charge in [-0.05, 0) is 19.4 Å². The first-order valence-corrected chi connectivity index (χ1v) is 13.1. The standard InChI is InChI=1S/C22H43N5O13/c23-2-1-8(29)20(36)27-7-3-6(25)18(39-22-16(34)15(33)13(31)9(4-24)37-22)17(35)19(7)40-21-14(32)11(26)12(30)10(5-28)38-21/h6-19,21-22,28-35H,1-5,23-26H2,(H,27,36)/t6-,7+,8-,9+,10+,11+,12+,13+,14+,15+,16-,17+,18+,19-,21+,22+/m0/s1. The van der Waals surface area contributed by atoms with Crippen molar-refractivity contribution in [2.24, 2.45) is 22.9 Å². The highest BCUT2D eigenvalue weighted by Crippen LogP contribution is 2.32. The van der Waals surface area contributed by atoms with Crippen LogP contribution >= 0.6 is 0 Å². The van der Waals surface area contributed by atoms with E-state index in [0.29, 0.717) is 0 Å². The van der Waals surface area contributed by atoms with Crippen molar-refractivity contribution < 1.29 is 64.6 Å². The second-order valence-corrected chi connectivity index (χ2v) is 10.3. The zero-order valence-electron chi connectivity index (χ0n) is 21.7. The van der Waals surface area contributed by atoms with E-state index in [4.69, 9.17) is 41.9 Å². The van der Waals surface area contributed by atoms with Crippen molar-refractivity contribution in [1.29, 1.82) is 0 Å². The van der Waals surface area contributed by atoms with Gasteiger partial charge in [0.1, 0.15) is 67.1 Å². The third-order valence-corrected chi connectivity index (χ3v) is 7.51. The molecule has 16 atom stereocenters. The van der Waals surface area contributed by atoms with Gasteiger partial charge in [-0.2, -0.15) is 0 Å². The lowest BCUT2D eigenvalue weighted by molar-refractivity contribution is -0.332. The number of nitrogens with one attached hydrogen (secondary N) is 1. The minimum atomic E-state index is -1.76. The van der Waals surface area contributed by atoms with Crippen molar-refractivity contribution in [2.45, 2.75) is 111 Å². The lowest BCUT2D eigenvalue weighted by Crippen LogP contribution is -2.69. The van der Waals surface area contributed by atoms with Crippen LogP contribution in [-0.4, -0.2) is 164 Å². The molecule has 3 rings (SSSR count). The molecule has 2 aliphatic heterocycles. The predicted octanol–water partition coefficient (Wildman–Crippen LogP) is -8.42. The monoisotopic (exact) mass is 585 g/mol. The lowest BCUT2D eigenvalue weighted by atomic mass is 9.83. The fraction of sp³-hybridized carbons (Fsp3) is 0.955. The fourth-order valence-corrected chi connectivity index (χ4v) is 5.07. The summed E-state index contributed by atoms with van der Waals surface area (Å²) >= 11 is 0. The molecule has 234 valence electrons. The van der Waals surface area contributed by atoms with Crippen molar-refractivity contribution in [3.05, 3.63) is 0 Å². The number of hydrogen-bond donors (Lipinski definition) is 13. The Morgan fingerprint density at radius 3 is 2.05 bits per heavy atom. The van der Waals surface area contributed by atoms with E-state index >= 15 is 0 Å². The van der Waals surface area contributed by atoms with E-state index in [9.17, 15) is 45.6 Å². The summed E-state index contributed by atoms with van der Waals surface area (Å²) in [5.74, 6) is -0.845. The number of aliphatic hydroxyl groups is 8. The van der Waals surface area contributed by atoms with E-state index < -0.39 is 110 Å². The van der Waals surface area contributed by atoms with E-state index in [1.807, 2.05) is 0 Å². The van der Waals surface area contributed by atoms with Gasteiger partial charge in [-0.25, -0.2) is 0 Å². The first-order valence-electron chi connectivity index (χ1n) is 13.1. The fourth-order valence-electron chi connectivity index (χ4n) is 5.07. The number of nitrogens with two attached hydrogens (primary N) is 4. The van der Waals surface area contributed by atoms with Crippen molar-refractivity contribution in [3.63, 3.8) is 0 Å². The maximum absolute atomic E-state index is 12.6. The summed E-state index contributed by atoms with van der Waals surface area (Å²) in [6.07, 6.45) is -19.8. The van der Waals surface area contributed by atoms with Crippen molar-refractivity contribution >= 4 is 5.91 Å². The molecular formula is C22H43N5O13. The van der Waals surface area contributed by atoms with Gasteiger partial charge in [-0.1, -0.05) is 0 Å². The topological polar surface area (TPSA) is 332 Å². The van der Waals surface area contributed by atoms with E-state index in [-0.39, 0.29) is 25.9 Å². The molecule has 1 saturated carbocycles. The first-order chi connectivity index (χ1) is 18.9. The number of hydrogen-bond acceptors (Lipinski definition) is 17. The van der Waals surface area contributed by atoms with Crippen LogP contribution in [0.3, 0.4) is 0 Å². The number of carbonyl (C=O) groups is 1. The van der Waals surface area contributed by atoms with Gasteiger partial charge in [-0.15, -0.1) is 0 Å². The Morgan fingerprint density at radius 1 is 0.850 bits per heavy atom. The summed E-state index contributed by atoms with van der Waals surface area (Å²) in [5.41, 5.74) is 23.1. The van der Waals surface area contributed by atoms with Gasteiger partial charge in [0.25, 0.3) is 0 Å². The second kappa shape index (κ2) is 14.3. The van der Waals surface area contributed by atoms with Crippen molar-refractivity contribution in [3.8, 4) is 0 Å². The van der Waals surface area contributed by atoms with Crippen LogP contribution in [0.1, 0.15) is 12.8 Å². The van der Waals surface area contributed by atoms with E-state index in [0.717, 1.165) is 0 Å². The molecule has 2 saturated heterocycles. The molecule has 0 unspecified atom stereocenters. The summed E-state index contributed by atoms with van der Waals surface area (Å²) < 4.78 is 22.5. The average molecular weight is 586 g/mol. The van der Waals surface area contributed by atoms with Crippen LogP contribution in [0.5, 0.6) is 0 Å². The Balaban J connectivity index is 1.85. The van der Waals surface area contributed by atoms with E-state index in [1.54, 1.807) is 0 Å². The maximum Gasteiger partial charge on any atom is 0.249 e. The Bertz CT molecular complexity index is 815. The first kappa shape index (κ1) is 33.3. The smallest absolute Gasteiger partial charge is 0.249 e. The van der Waals surface area contributed by atoms with Crippen LogP contribution < -0.4 is 28.3 Å². The third-order valence-electron chi connectivity index (χ3n) is 7.51. The number of aliphatic hydroxyl groups excluding tert-OH is 8. The zero-order valence-corrected chi connectivity index (χ0v) is 21.7. The highest BCUT2D eigenvalue weighted by molar-refractivity contribution is 5.80. The molecule has 2 heterocycles. The number of rotatable bonds is 10. The van der Waals surface area contributed by atoms with E-state index in [1.165, 1.54) is 0 Å². The minimum absolute atomic E-state index is 0.0101. The van der Waals surface area contributed by atoms with Gasteiger partial charge in [0.05, 0.1) is 18.7 Å². The number of ether oxygens (including phenoxy) is 4. The highest BCUT2D eigenvalue weighted by atomic mass is 16.7. The molecule has 0 radical (unpaired) electrons. The van der Waals surface area contributed by atoms with Gasteiger partial charge in [0, 0.05) is 12.6 Å². The van der Waals surface area contributed by atoms with Crippen LogP contribution in [0.2, 0.25) is 0 Å². The summed E-state index contributed by atoms with van der Waals surface area (Å²) in [6, 6.07) is -3.45. The van der Waals surface area contributed by atoms with Crippen LogP contribution in [0.4, 0.5) is 0 Å². The third kappa shape index (κ3) is 7.06. The van der Waals surface area contributed by atoms with Gasteiger partial charge >= 0.3 is 0 Å². The van der Waals surface area contributed by atoms with Crippen LogP contribution in [0.15, 0.2) is 0 Å². The molecule has 1 amide bonds. The quantitative estimate of drug-likeness (QED) is 0.113. The summed E-state index contributed by atoms with van der Waals surface area (Å²) in [5, 5.41) is 84.9. The molecule has 0 aromatic rings. The maximum atomic E-state index is 12.6. The van der Waals surface area contributed by atoms with Crippen molar-refractivity contribution in [1.82, 2.24) is 5.32 Å². The molecule has 17 N–H and O–H groups in total. The molecule has 40 heavy (non-hydrogen) atoms. The molecule has 0 bridgehead atoms.